The third kappa shape index (κ3) is 64.8. The van der Waals surface area contributed by atoms with E-state index in [4.69, 9.17) is 37.0 Å². The molecule has 0 aliphatic heterocycles. The molecule has 0 saturated heterocycles. The van der Waals surface area contributed by atoms with Crippen molar-refractivity contribution in [3.05, 3.63) is 0 Å². The Kier molecular flexibility index (Phi) is 61.8. The van der Waals surface area contributed by atoms with Gasteiger partial charge in [0.2, 0.25) is 0 Å². The first-order valence-corrected chi connectivity index (χ1v) is 40.0. The zero-order chi connectivity index (χ0) is 66.5. The van der Waals surface area contributed by atoms with E-state index in [1.807, 2.05) is 0 Å². The van der Waals surface area contributed by atoms with Crippen molar-refractivity contribution in [2.75, 3.05) is 39.6 Å². The first-order valence-electron chi connectivity index (χ1n) is 37.0. The van der Waals surface area contributed by atoms with Gasteiger partial charge >= 0.3 is 39.5 Å². The number of phosphoric ester groups is 2. The minimum Gasteiger partial charge on any atom is -0.462 e. The van der Waals surface area contributed by atoms with Crippen LogP contribution in [0, 0.1) is 11.8 Å². The van der Waals surface area contributed by atoms with Crippen molar-refractivity contribution in [1.82, 2.24) is 0 Å². The number of aliphatic hydroxyl groups excluding tert-OH is 1. The van der Waals surface area contributed by atoms with Crippen LogP contribution in [-0.2, 0) is 65.4 Å². The van der Waals surface area contributed by atoms with E-state index in [2.05, 4.69) is 41.5 Å². The molecule has 0 rings (SSSR count). The van der Waals surface area contributed by atoms with Gasteiger partial charge in [-0.1, -0.05) is 311 Å². The molecule has 0 aromatic carbocycles. The molecule has 17 nitrogen and oxygen atoms in total. The molecule has 0 aliphatic carbocycles. The van der Waals surface area contributed by atoms with Crippen LogP contribution >= 0.6 is 15.6 Å². The summed E-state index contributed by atoms with van der Waals surface area (Å²) in [5.74, 6) is -0.603. The summed E-state index contributed by atoms with van der Waals surface area (Å²) < 4.78 is 68.2. The highest BCUT2D eigenvalue weighted by Crippen LogP contribution is 2.45. The molecule has 0 amide bonds. The van der Waals surface area contributed by atoms with E-state index < -0.39 is 97.5 Å². The van der Waals surface area contributed by atoms with Gasteiger partial charge in [0.15, 0.2) is 12.2 Å². The quantitative estimate of drug-likeness (QED) is 0.0222. The zero-order valence-corrected chi connectivity index (χ0v) is 60.2. The first-order chi connectivity index (χ1) is 43.4. The van der Waals surface area contributed by atoms with E-state index in [1.54, 1.807) is 0 Å². The number of hydrogen-bond acceptors (Lipinski definition) is 15. The second-order valence-electron chi connectivity index (χ2n) is 26.6. The van der Waals surface area contributed by atoms with Gasteiger partial charge in [0.05, 0.1) is 26.4 Å². The summed E-state index contributed by atoms with van der Waals surface area (Å²) in [6.45, 7) is 9.51. The number of phosphoric acid groups is 2. The zero-order valence-electron chi connectivity index (χ0n) is 58.4. The minimum absolute atomic E-state index is 0.106. The fourth-order valence-corrected chi connectivity index (χ4v) is 12.3. The third-order valence-corrected chi connectivity index (χ3v) is 18.4. The normalized spacial score (nSPS) is 14.1. The maximum Gasteiger partial charge on any atom is 0.472 e. The van der Waals surface area contributed by atoms with E-state index >= 15 is 0 Å². The lowest BCUT2D eigenvalue weighted by Gasteiger charge is -2.21. The molecule has 0 radical (unpaired) electrons. The van der Waals surface area contributed by atoms with Crippen LogP contribution in [0.15, 0.2) is 0 Å². The largest absolute Gasteiger partial charge is 0.472 e. The van der Waals surface area contributed by atoms with Crippen LogP contribution in [0.3, 0.4) is 0 Å². The highest BCUT2D eigenvalue weighted by molar-refractivity contribution is 7.47. The lowest BCUT2D eigenvalue weighted by molar-refractivity contribution is -0.161. The molecule has 0 saturated carbocycles. The summed E-state index contributed by atoms with van der Waals surface area (Å²) in [5.41, 5.74) is 0. The molecule has 0 aliphatic rings. The summed E-state index contributed by atoms with van der Waals surface area (Å²) in [6, 6.07) is 0. The Bertz CT molecular complexity index is 1750. The Morgan fingerprint density at radius 2 is 0.511 bits per heavy atom. The summed E-state index contributed by atoms with van der Waals surface area (Å²) in [5, 5.41) is 10.6. The lowest BCUT2D eigenvalue weighted by Crippen LogP contribution is -2.30. The van der Waals surface area contributed by atoms with Crippen molar-refractivity contribution in [2.24, 2.45) is 11.8 Å². The number of esters is 4. The van der Waals surface area contributed by atoms with Gasteiger partial charge in [-0.15, -0.1) is 0 Å². The predicted molar refractivity (Wildman–Crippen MR) is 363 cm³/mol. The number of rotatable bonds is 70. The van der Waals surface area contributed by atoms with Crippen molar-refractivity contribution in [1.29, 1.82) is 0 Å². The number of unbranched alkanes of at least 4 members (excludes halogenated alkanes) is 40. The standard InChI is InChI=1S/C71H138O17P2/c1-7-9-11-13-15-16-17-18-19-20-21-24-31-37-43-49-55-70(75)88-67(60-82-69(74)54-48-42-36-30-25-22-23-28-34-39-45-51-63(3)4)62-86-90(79,80)84-58-65(72)57-83-89(77,78)85-61-66(59-81-68(73)53-47-41-33-14-12-10-8-2)87-71(76)56-50-44-38-32-27-26-29-35-40-46-52-64(5)6/h63-67,72H,7-62H2,1-6H3,(H,77,78)(H,79,80)/t65-,66+,67+/m0/s1. The molecule has 0 aromatic rings. The molecule has 5 atom stereocenters. The Morgan fingerprint density at radius 1 is 0.300 bits per heavy atom. The van der Waals surface area contributed by atoms with Gasteiger partial charge in [0.25, 0.3) is 0 Å². The van der Waals surface area contributed by atoms with Crippen LogP contribution in [0.1, 0.15) is 363 Å². The Morgan fingerprint density at radius 3 is 0.756 bits per heavy atom. The molecule has 0 aromatic heterocycles. The highest BCUT2D eigenvalue weighted by atomic mass is 31.2. The molecule has 0 fully saturated rings. The van der Waals surface area contributed by atoms with Crippen molar-refractivity contribution >= 4 is 39.5 Å². The molecule has 534 valence electrons. The lowest BCUT2D eigenvalue weighted by atomic mass is 10.0. The van der Waals surface area contributed by atoms with Crippen LogP contribution in [0.4, 0.5) is 0 Å². The smallest absolute Gasteiger partial charge is 0.462 e. The number of ether oxygens (including phenoxy) is 4. The van der Waals surface area contributed by atoms with Gasteiger partial charge in [-0.3, -0.25) is 37.3 Å². The fourth-order valence-electron chi connectivity index (χ4n) is 10.8. The SMILES string of the molecule is CCCCCCCCCCCCCCCCCCC(=O)O[C@H](COC(=O)CCCCCCCCCCCCCC(C)C)COP(=O)(O)OC[C@@H](O)COP(=O)(O)OC[C@@H](COC(=O)CCCCCCCCC)OC(=O)CCCCCCCCCCCCC(C)C. The van der Waals surface area contributed by atoms with E-state index in [0.717, 1.165) is 115 Å². The fraction of sp³-hybridized carbons (Fsp3) is 0.944. The Hall–Kier alpha value is -1.94. The molecular weight excluding hydrogens is 1190 g/mol. The van der Waals surface area contributed by atoms with Gasteiger partial charge in [-0.2, -0.15) is 0 Å². The van der Waals surface area contributed by atoms with E-state index in [9.17, 15) is 43.2 Å². The van der Waals surface area contributed by atoms with Crippen LogP contribution in [0.5, 0.6) is 0 Å². The maximum absolute atomic E-state index is 13.0. The Labute approximate surface area is 549 Å². The number of carbonyl (C=O) groups is 4. The van der Waals surface area contributed by atoms with Gasteiger partial charge < -0.3 is 33.8 Å². The van der Waals surface area contributed by atoms with Crippen LogP contribution in [0.2, 0.25) is 0 Å². The van der Waals surface area contributed by atoms with E-state index in [0.29, 0.717) is 25.7 Å². The molecule has 19 heteroatoms. The third-order valence-electron chi connectivity index (χ3n) is 16.5. The van der Waals surface area contributed by atoms with Crippen molar-refractivity contribution in [2.45, 2.75) is 381 Å². The average Bonchev–Trinajstić information content (AvgIpc) is 3.31. The monoisotopic (exact) mass is 1320 g/mol. The second kappa shape index (κ2) is 63.1. The molecule has 2 unspecified atom stereocenters. The van der Waals surface area contributed by atoms with E-state index in [1.165, 1.54) is 167 Å². The summed E-state index contributed by atoms with van der Waals surface area (Å²) in [4.78, 5) is 72.5. The van der Waals surface area contributed by atoms with Crippen LogP contribution in [0.25, 0.3) is 0 Å². The summed E-state index contributed by atoms with van der Waals surface area (Å²) in [6.07, 6.45) is 48.6. The van der Waals surface area contributed by atoms with Gasteiger partial charge in [-0.05, 0) is 37.5 Å². The molecule has 3 N–H and O–H groups in total. The topological polar surface area (TPSA) is 237 Å². The van der Waals surface area contributed by atoms with Crippen molar-refractivity contribution in [3.63, 3.8) is 0 Å². The second-order valence-corrected chi connectivity index (χ2v) is 29.5. The molecule has 0 bridgehead atoms. The molecule has 90 heavy (non-hydrogen) atoms. The molecule has 0 spiro atoms. The van der Waals surface area contributed by atoms with Crippen molar-refractivity contribution in [3.8, 4) is 0 Å². The van der Waals surface area contributed by atoms with Gasteiger partial charge in [0.1, 0.15) is 19.3 Å². The van der Waals surface area contributed by atoms with Crippen molar-refractivity contribution < 1.29 is 80.2 Å². The summed E-state index contributed by atoms with van der Waals surface area (Å²) in [7, 11) is -9.90. The van der Waals surface area contributed by atoms with Gasteiger partial charge in [0, 0.05) is 25.7 Å². The predicted octanol–water partition coefficient (Wildman–Crippen LogP) is 20.4. The first kappa shape index (κ1) is 88.1. The minimum atomic E-state index is -4.95. The van der Waals surface area contributed by atoms with Crippen LogP contribution < -0.4 is 0 Å². The Balaban J connectivity index is 5.21. The maximum atomic E-state index is 13.0. The molecule has 0 heterocycles. The van der Waals surface area contributed by atoms with Gasteiger partial charge in [-0.25, -0.2) is 9.13 Å². The average molecular weight is 1330 g/mol. The van der Waals surface area contributed by atoms with E-state index in [-0.39, 0.29) is 25.7 Å². The summed E-state index contributed by atoms with van der Waals surface area (Å²) >= 11 is 0. The number of hydrogen-bond donors (Lipinski definition) is 3. The highest BCUT2D eigenvalue weighted by Gasteiger charge is 2.30. The molecular formula is C71H138O17P2. The number of carbonyl (C=O) groups excluding carboxylic acids is 4. The number of aliphatic hydroxyl groups is 1. The van der Waals surface area contributed by atoms with Crippen LogP contribution in [-0.4, -0.2) is 96.7 Å².